The molecule has 1 nitrogen and oxygen atoms in total. The fourth-order valence-corrected chi connectivity index (χ4v) is 5.91. The molecule has 0 radical (unpaired) electrons. The van der Waals surface area contributed by atoms with Crippen molar-refractivity contribution >= 4 is 65.0 Å². The molecule has 0 amide bonds. The van der Waals surface area contributed by atoms with Crippen LogP contribution in [0.1, 0.15) is 38.4 Å². The molecule has 1 heterocycles. The Morgan fingerprint density at radius 1 is 0.340 bits per heavy atom. The molecule has 0 spiro atoms. The summed E-state index contributed by atoms with van der Waals surface area (Å²) >= 11 is 0. The largest absolute Gasteiger partial charge is 0.456 e. The average Bonchev–Trinajstić information content (AvgIpc) is 3.81. The molecule has 0 aliphatic heterocycles. The average molecular weight is 625 g/mol. The molecule has 10 rings (SSSR count). The molecule has 0 atom stereocenters. The van der Waals surface area contributed by atoms with Crippen LogP contribution in [-0.4, -0.2) is 0 Å². The Hall–Kier alpha value is -6.18. The van der Waals surface area contributed by atoms with Crippen molar-refractivity contribution in [3.8, 4) is 33.4 Å². The first-order valence-corrected chi connectivity index (χ1v) is 13.9. The van der Waals surface area contributed by atoms with Crippen molar-refractivity contribution in [3.63, 3.8) is 0 Å². The molecule has 47 heavy (non-hydrogen) atoms. The molecule has 0 unspecified atom stereocenters. The highest BCUT2D eigenvalue weighted by Gasteiger charge is 2.19. The van der Waals surface area contributed by atoms with Crippen LogP contribution in [0.4, 0.5) is 0 Å². The summed E-state index contributed by atoms with van der Waals surface area (Å²) in [5.74, 6) is 0. The van der Waals surface area contributed by atoms with Crippen molar-refractivity contribution in [2.45, 2.75) is 0 Å². The Balaban J connectivity index is 1.45. The summed E-state index contributed by atoms with van der Waals surface area (Å²) in [5, 5.41) is -5.65. The lowest BCUT2D eigenvalue weighted by Gasteiger charge is -2.18. The molecular weight excluding hydrogens is 569 g/mol. The second kappa shape index (κ2) is 10.2. The van der Waals surface area contributed by atoms with E-state index in [0.29, 0.717) is 0 Å². The number of rotatable bonds is 3. The highest BCUT2D eigenvalue weighted by molar-refractivity contribution is 6.28. The molecule has 0 aliphatic rings. The van der Waals surface area contributed by atoms with Gasteiger partial charge in [0, 0.05) is 10.8 Å². The monoisotopic (exact) mass is 624 g/mol. The van der Waals surface area contributed by atoms with Gasteiger partial charge in [0.15, 0.2) is 0 Å². The lowest BCUT2D eigenvalue weighted by molar-refractivity contribution is 0.669. The molecule has 218 valence electrons. The first-order chi connectivity index (χ1) is 35.0. The van der Waals surface area contributed by atoms with E-state index in [0.717, 1.165) is 0 Å². The zero-order valence-electron chi connectivity index (χ0n) is 51.4. The summed E-state index contributed by atoms with van der Waals surface area (Å²) in [6, 6.07) is -25.8. The van der Waals surface area contributed by atoms with E-state index in [1.54, 1.807) is 0 Å². The van der Waals surface area contributed by atoms with Crippen molar-refractivity contribution < 1.29 is 42.8 Å². The number of furan rings is 1. The number of hydrogen-bond donors (Lipinski definition) is 0. The van der Waals surface area contributed by atoms with Gasteiger partial charge in [-0.2, -0.15) is 0 Å². The SMILES string of the molecule is [2H]c1c([2H])c([2H])c(-c2c3c([2H])c([2H])c([2H])c([2H])c3c(-c3c([2H])c([2H])c(-c4c([2H])c5oc6c([2H])c([2H])c7c([2H])c([2H])c([2H])c([2H])c7c6c5c5c([2H])c([2H])c([2H])c([2H])c45)c([2H])c3[2H])c3c([2H])c([2H])c([2H])c([2H])c23)c([2H])c1[2H]. The van der Waals surface area contributed by atoms with E-state index in [4.69, 9.17) is 27.7 Å². The highest BCUT2D eigenvalue weighted by atomic mass is 16.3. The third-order valence-electron chi connectivity index (χ3n) is 7.82. The zero-order chi connectivity index (χ0) is 55.3. The summed E-state index contributed by atoms with van der Waals surface area (Å²) < 4.78 is 257. The van der Waals surface area contributed by atoms with Gasteiger partial charge >= 0.3 is 0 Å². The van der Waals surface area contributed by atoms with Crippen molar-refractivity contribution in [1.29, 1.82) is 0 Å². The number of benzene rings is 9. The maximum absolute atomic E-state index is 9.70. The van der Waals surface area contributed by atoms with Gasteiger partial charge in [-0.05, 0) is 88.6 Å². The molecule has 0 bridgehead atoms. The topological polar surface area (TPSA) is 13.1 Å². The van der Waals surface area contributed by atoms with Crippen LogP contribution >= 0.6 is 0 Å². The lowest BCUT2D eigenvalue weighted by atomic mass is 9.85. The van der Waals surface area contributed by atoms with Crippen LogP contribution in [0, 0.1) is 0 Å². The minimum absolute atomic E-state index is 0.349. The Morgan fingerprint density at radius 2 is 0.809 bits per heavy atom. The van der Waals surface area contributed by atoms with Crippen molar-refractivity contribution in [2.75, 3.05) is 0 Å². The molecule has 0 fully saturated rings. The second-order valence-corrected chi connectivity index (χ2v) is 10.3. The summed E-state index contributed by atoms with van der Waals surface area (Å²) in [5.41, 5.74) is -5.83. The molecule has 0 saturated carbocycles. The fourth-order valence-electron chi connectivity index (χ4n) is 5.91. The summed E-state index contributed by atoms with van der Waals surface area (Å²) in [6.45, 7) is 0. The van der Waals surface area contributed by atoms with E-state index in [9.17, 15) is 15.1 Å². The van der Waals surface area contributed by atoms with Crippen LogP contribution in [-0.2, 0) is 0 Å². The number of fused-ring (bicyclic) bond motifs is 9. The van der Waals surface area contributed by atoms with Gasteiger partial charge in [0.05, 0.1) is 38.4 Å². The molecule has 0 aliphatic carbocycles. The van der Waals surface area contributed by atoms with Gasteiger partial charge in [0.2, 0.25) is 0 Å². The Bertz CT molecular complexity index is 4300. The molecule has 9 aromatic carbocycles. The van der Waals surface area contributed by atoms with Gasteiger partial charge < -0.3 is 4.42 Å². The quantitative estimate of drug-likeness (QED) is 0.178. The van der Waals surface area contributed by atoms with Crippen molar-refractivity contribution in [1.82, 2.24) is 0 Å². The van der Waals surface area contributed by atoms with Gasteiger partial charge in [-0.1, -0.05) is 157 Å². The molecule has 0 N–H and O–H groups in total. The summed E-state index contributed by atoms with van der Waals surface area (Å²) in [4.78, 5) is 0. The first-order valence-electron chi connectivity index (χ1n) is 27.9. The Kier molecular flexibility index (Phi) is 2.31. The number of hydrogen-bond acceptors (Lipinski definition) is 1. The second-order valence-electron chi connectivity index (χ2n) is 10.3. The third kappa shape index (κ3) is 3.90. The van der Waals surface area contributed by atoms with Crippen LogP contribution < -0.4 is 0 Å². The Morgan fingerprint density at radius 3 is 1.45 bits per heavy atom. The third-order valence-corrected chi connectivity index (χ3v) is 7.82. The Labute approximate surface area is 311 Å². The van der Waals surface area contributed by atoms with E-state index in [1.165, 1.54) is 0 Å². The summed E-state index contributed by atoms with van der Waals surface area (Å²) in [6.07, 6.45) is 0. The van der Waals surface area contributed by atoms with Crippen molar-refractivity contribution in [3.05, 3.63) is 169 Å². The van der Waals surface area contributed by atoms with Gasteiger partial charge in [-0.15, -0.1) is 0 Å². The predicted octanol–water partition coefficient (Wildman–Crippen LogP) is 13.2. The smallest absolute Gasteiger partial charge is 0.136 e. The van der Waals surface area contributed by atoms with Crippen LogP contribution in [0.3, 0.4) is 0 Å². The summed E-state index contributed by atoms with van der Waals surface area (Å²) in [7, 11) is 0. The van der Waals surface area contributed by atoms with Crippen molar-refractivity contribution in [2.24, 2.45) is 0 Å². The van der Waals surface area contributed by atoms with Gasteiger partial charge in [-0.3, -0.25) is 0 Å². The molecule has 1 heteroatoms. The predicted molar refractivity (Wildman–Crippen MR) is 200 cm³/mol. The van der Waals surface area contributed by atoms with Gasteiger partial charge in [0.25, 0.3) is 0 Å². The maximum Gasteiger partial charge on any atom is 0.136 e. The lowest BCUT2D eigenvalue weighted by Crippen LogP contribution is -1.91. The molecular formula is C46H28O. The van der Waals surface area contributed by atoms with E-state index in [-0.39, 0.29) is 5.39 Å². The van der Waals surface area contributed by atoms with Crippen LogP contribution in [0.25, 0.3) is 98.4 Å². The maximum atomic E-state index is 9.70. The van der Waals surface area contributed by atoms with Gasteiger partial charge in [-0.25, -0.2) is 0 Å². The molecule has 10 aromatic rings. The zero-order valence-corrected chi connectivity index (χ0v) is 23.4. The highest BCUT2D eigenvalue weighted by Crippen LogP contribution is 2.45. The first kappa shape index (κ1) is 10.7. The van der Waals surface area contributed by atoms with E-state index in [1.807, 2.05) is 0 Å². The van der Waals surface area contributed by atoms with E-state index < -0.39 is 262 Å². The van der Waals surface area contributed by atoms with E-state index >= 15 is 0 Å². The standard InChI is InChI=1S/C46H28O/c1-2-13-31(14-3-1)43-36-18-8-10-20-38(36)44(39-21-11-9-19-37(39)43)32-24-22-30(23-25-32)40-28-42-46(35-17-7-6-16-34(35)40)45-33-15-5-4-12-29(33)26-27-41(45)47-42/h1-28H/i1D,2D,3D,4D,5D,6D,7D,8D,9D,10D,11D,12D,13D,14D,15D,16D,17D,18D,19D,20D,21D,22D,23D,24D,25D,26D,27D,28D. The van der Waals surface area contributed by atoms with Gasteiger partial charge in [0.1, 0.15) is 11.2 Å². The van der Waals surface area contributed by atoms with Crippen LogP contribution in [0.5, 0.6) is 0 Å². The van der Waals surface area contributed by atoms with Crippen LogP contribution in [0.2, 0.25) is 0 Å². The normalized spacial score (nSPS) is 20.2. The minimum atomic E-state index is -1.11. The van der Waals surface area contributed by atoms with E-state index in [2.05, 4.69) is 0 Å². The minimum Gasteiger partial charge on any atom is -0.456 e. The molecule has 0 saturated heterocycles. The van der Waals surface area contributed by atoms with Crippen LogP contribution in [0.15, 0.2) is 174 Å². The molecule has 1 aromatic heterocycles. The fraction of sp³-hybridized carbons (Fsp3) is 0.